The van der Waals surface area contributed by atoms with Gasteiger partial charge in [-0.15, -0.1) is 11.3 Å². The van der Waals surface area contributed by atoms with E-state index in [0.717, 1.165) is 23.6 Å². The van der Waals surface area contributed by atoms with Gasteiger partial charge in [0.15, 0.2) is 0 Å². The first-order valence-corrected chi connectivity index (χ1v) is 9.47. The maximum absolute atomic E-state index is 12.6. The number of carbonyl (C=O) groups excluding carboxylic acids is 1. The number of carbonyl (C=O) groups is 1. The van der Waals surface area contributed by atoms with Crippen molar-refractivity contribution in [1.29, 1.82) is 0 Å². The molecular formula is C20H26N2OS. The molecule has 1 N–H and O–H groups in total. The van der Waals surface area contributed by atoms with Gasteiger partial charge in [-0.1, -0.05) is 37.3 Å². The van der Waals surface area contributed by atoms with Gasteiger partial charge in [0.2, 0.25) is 0 Å². The lowest BCUT2D eigenvalue weighted by molar-refractivity contribution is 0.0946. The fraction of sp³-hybridized carbons (Fsp3) is 0.450. The second kappa shape index (κ2) is 7.49. The standard InChI is InChI=1S/C20H26N2OS/c1-14-9-10-18-16(11-14)12-19(24-18)20(23)21-13-17(22(2)3)15-7-5-4-6-8-15/h4-8,12,14,17H,9-11,13H2,1-3H3,(H,21,23). The Morgan fingerprint density at radius 1 is 1.33 bits per heavy atom. The minimum absolute atomic E-state index is 0.0600. The third-order valence-electron chi connectivity index (χ3n) is 4.82. The number of hydrogen-bond donors (Lipinski definition) is 1. The number of amides is 1. The molecule has 1 heterocycles. The minimum Gasteiger partial charge on any atom is -0.349 e. The highest BCUT2D eigenvalue weighted by Crippen LogP contribution is 2.32. The quantitative estimate of drug-likeness (QED) is 0.893. The number of hydrogen-bond acceptors (Lipinski definition) is 3. The molecule has 2 unspecified atom stereocenters. The Hall–Kier alpha value is -1.65. The van der Waals surface area contributed by atoms with Gasteiger partial charge < -0.3 is 10.2 Å². The third kappa shape index (κ3) is 3.87. The third-order valence-corrected chi connectivity index (χ3v) is 6.05. The molecule has 0 spiro atoms. The molecule has 1 aromatic carbocycles. The van der Waals surface area contributed by atoms with Crippen molar-refractivity contribution in [3.05, 3.63) is 57.3 Å². The topological polar surface area (TPSA) is 32.3 Å². The van der Waals surface area contributed by atoms with Crippen LogP contribution in [0.2, 0.25) is 0 Å². The zero-order valence-electron chi connectivity index (χ0n) is 14.7. The molecule has 0 fully saturated rings. The monoisotopic (exact) mass is 342 g/mol. The molecule has 1 amide bonds. The maximum atomic E-state index is 12.6. The summed E-state index contributed by atoms with van der Waals surface area (Å²) in [6, 6.07) is 12.6. The van der Waals surface area contributed by atoms with Crippen molar-refractivity contribution in [3.8, 4) is 0 Å². The Bertz CT molecular complexity index is 693. The lowest BCUT2D eigenvalue weighted by atomic mass is 9.90. The van der Waals surface area contributed by atoms with E-state index < -0.39 is 0 Å². The van der Waals surface area contributed by atoms with E-state index in [1.54, 1.807) is 11.3 Å². The number of nitrogens with one attached hydrogen (secondary N) is 1. The van der Waals surface area contributed by atoms with Crippen LogP contribution in [0.5, 0.6) is 0 Å². The van der Waals surface area contributed by atoms with Crippen molar-refractivity contribution in [2.45, 2.75) is 32.2 Å². The van der Waals surface area contributed by atoms with Crippen LogP contribution in [0.25, 0.3) is 0 Å². The number of rotatable bonds is 5. The highest BCUT2D eigenvalue weighted by molar-refractivity contribution is 7.14. The minimum atomic E-state index is 0.0600. The van der Waals surface area contributed by atoms with E-state index in [4.69, 9.17) is 0 Å². The van der Waals surface area contributed by atoms with Gasteiger partial charge in [-0.05, 0) is 56.5 Å². The van der Waals surface area contributed by atoms with Crippen LogP contribution in [0.3, 0.4) is 0 Å². The molecule has 3 rings (SSSR count). The lowest BCUT2D eigenvalue weighted by Gasteiger charge is -2.25. The normalized spacial score (nSPS) is 18.2. The number of fused-ring (bicyclic) bond motifs is 1. The number of nitrogens with zero attached hydrogens (tertiary/aromatic N) is 1. The molecule has 0 saturated carbocycles. The van der Waals surface area contributed by atoms with Crippen LogP contribution in [-0.4, -0.2) is 31.4 Å². The van der Waals surface area contributed by atoms with Gasteiger partial charge in [0.1, 0.15) is 0 Å². The predicted molar refractivity (Wildman–Crippen MR) is 101 cm³/mol. The molecule has 128 valence electrons. The molecule has 2 atom stereocenters. The molecule has 2 aromatic rings. The van der Waals surface area contributed by atoms with Gasteiger partial charge in [0, 0.05) is 11.4 Å². The second-order valence-corrected chi connectivity index (χ2v) is 8.14. The molecule has 1 aliphatic carbocycles. The second-order valence-electron chi connectivity index (χ2n) is 7.01. The van der Waals surface area contributed by atoms with Crippen LogP contribution in [0, 0.1) is 5.92 Å². The zero-order valence-corrected chi connectivity index (χ0v) is 15.5. The Labute approximate surface area is 148 Å². The highest BCUT2D eigenvalue weighted by Gasteiger charge is 2.21. The van der Waals surface area contributed by atoms with Gasteiger partial charge >= 0.3 is 0 Å². The van der Waals surface area contributed by atoms with Crippen molar-refractivity contribution in [1.82, 2.24) is 10.2 Å². The first-order valence-electron chi connectivity index (χ1n) is 8.65. The molecule has 0 bridgehead atoms. The molecule has 0 saturated heterocycles. The zero-order chi connectivity index (χ0) is 17.1. The number of aryl methyl sites for hydroxylation is 1. The Kier molecular flexibility index (Phi) is 5.36. The summed E-state index contributed by atoms with van der Waals surface area (Å²) in [6.45, 7) is 2.91. The van der Waals surface area contributed by atoms with E-state index in [1.165, 1.54) is 22.4 Å². The Morgan fingerprint density at radius 2 is 2.08 bits per heavy atom. The van der Waals surface area contributed by atoms with Gasteiger partial charge in [-0.25, -0.2) is 0 Å². The summed E-state index contributed by atoms with van der Waals surface area (Å²) in [4.78, 5) is 17.0. The van der Waals surface area contributed by atoms with Crippen LogP contribution < -0.4 is 5.32 Å². The lowest BCUT2D eigenvalue weighted by Crippen LogP contribution is -2.34. The number of likely N-dealkylation sites (N-methyl/N-ethyl adjacent to an activating group) is 1. The molecule has 1 aromatic heterocycles. The summed E-state index contributed by atoms with van der Waals surface area (Å²) < 4.78 is 0. The SMILES string of the molecule is CC1CCc2sc(C(=O)NCC(c3ccccc3)N(C)C)cc2C1. The average Bonchev–Trinajstić information content (AvgIpc) is 2.98. The Morgan fingerprint density at radius 3 is 2.79 bits per heavy atom. The number of thiophene rings is 1. The van der Waals surface area contributed by atoms with Crippen LogP contribution in [-0.2, 0) is 12.8 Å². The molecule has 1 aliphatic rings. The van der Waals surface area contributed by atoms with E-state index in [-0.39, 0.29) is 11.9 Å². The van der Waals surface area contributed by atoms with Crippen molar-refractivity contribution in [2.75, 3.05) is 20.6 Å². The summed E-state index contributed by atoms with van der Waals surface area (Å²) in [5, 5.41) is 3.13. The first-order chi connectivity index (χ1) is 11.5. The summed E-state index contributed by atoms with van der Waals surface area (Å²) in [7, 11) is 4.10. The molecule has 24 heavy (non-hydrogen) atoms. The Balaban J connectivity index is 1.66. The van der Waals surface area contributed by atoms with E-state index in [0.29, 0.717) is 6.54 Å². The maximum Gasteiger partial charge on any atom is 0.261 e. The summed E-state index contributed by atoms with van der Waals surface area (Å²) >= 11 is 1.68. The van der Waals surface area contributed by atoms with Gasteiger partial charge in [-0.2, -0.15) is 0 Å². The highest BCUT2D eigenvalue weighted by atomic mass is 32.1. The molecule has 3 nitrogen and oxygen atoms in total. The largest absolute Gasteiger partial charge is 0.349 e. The molecule has 0 aliphatic heterocycles. The van der Waals surface area contributed by atoms with Gasteiger partial charge in [0.25, 0.3) is 5.91 Å². The molecular weight excluding hydrogens is 316 g/mol. The van der Waals surface area contributed by atoms with E-state index in [1.807, 2.05) is 18.2 Å². The van der Waals surface area contributed by atoms with Crippen molar-refractivity contribution < 1.29 is 4.79 Å². The molecule has 0 radical (unpaired) electrons. The van der Waals surface area contributed by atoms with Crippen molar-refractivity contribution >= 4 is 17.2 Å². The smallest absolute Gasteiger partial charge is 0.261 e. The summed E-state index contributed by atoms with van der Waals surface area (Å²) in [5.74, 6) is 0.795. The fourth-order valence-electron chi connectivity index (χ4n) is 3.37. The number of benzene rings is 1. The van der Waals surface area contributed by atoms with E-state index in [2.05, 4.69) is 49.4 Å². The first kappa shape index (κ1) is 17.2. The van der Waals surface area contributed by atoms with Gasteiger partial charge in [-0.3, -0.25) is 4.79 Å². The average molecular weight is 343 g/mol. The van der Waals surface area contributed by atoms with Crippen molar-refractivity contribution in [3.63, 3.8) is 0 Å². The van der Waals surface area contributed by atoms with Crippen LogP contribution >= 0.6 is 11.3 Å². The predicted octanol–water partition coefficient (Wildman–Crippen LogP) is 3.91. The fourth-order valence-corrected chi connectivity index (χ4v) is 4.49. The van der Waals surface area contributed by atoms with Crippen molar-refractivity contribution in [2.24, 2.45) is 5.92 Å². The summed E-state index contributed by atoms with van der Waals surface area (Å²) in [5.41, 5.74) is 2.61. The van der Waals surface area contributed by atoms with Gasteiger partial charge in [0.05, 0.1) is 10.9 Å². The van der Waals surface area contributed by atoms with E-state index >= 15 is 0 Å². The summed E-state index contributed by atoms with van der Waals surface area (Å²) in [6.07, 6.45) is 3.48. The molecule has 4 heteroatoms. The van der Waals surface area contributed by atoms with E-state index in [9.17, 15) is 4.79 Å². The van der Waals surface area contributed by atoms with Crippen LogP contribution in [0.4, 0.5) is 0 Å². The van der Waals surface area contributed by atoms with Crippen LogP contribution in [0.15, 0.2) is 36.4 Å². The van der Waals surface area contributed by atoms with Crippen LogP contribution in [0.1, 0.15) is 45.1 Å².